The number of carboxylic acids is 1. The predicted molar refractivity (Wildman–Crippen MR) is 31.8 cm³/mol. The molecule has 52 valence electrons. The maximum atomic E-state index is 10.4. The summed E-state index contributed by atoms with van der Waals surface area (Å²) in [6, 6.07) is -0.245. The van der Waals surface area contributed by atoms with Crippen LogP contribution in [0.15, 0.2) is 0 Å². The summed E-state index contributed by atoms with van der Waals surface area (Å²) in [5.74, 6) is -0.711. The van der Waals surface area contributed by atoms with E-state index in [2.05, 4.69) is 7.05 Å². The van der Waals surface area contributed by atoms with Crippen molar-refractivity contribution in [2.75, 3.05) is 6.54 Å². The maximum absolute atomic E-state index is 10.4. The van der Waals surface area contributed by atoms with Crippen LogP contribution >= 0.6 is 0 Å². The molecule has 1 heterocycles. The fourth-order valence-corrected chi connectivity index (χ4v) is 1.21. The average molecular weight is 129 g/mol. The SMILES string of the molecule is [CH2-][NH+]1CCC[C@H]1C(=O)O. The number of hydrogen-bond donors (Lipinski definition) is 2. The Labute approximate surface area is 54.3 Å². The van der Waals surface area contributed by atoms with Gasteiger partial charge in [0.2, 0.25) is 0 Å². The van der Waals surface area contributed by atoms with Crippen molar-refractivity contribution >= 4 is 5.97 Å². The van der Waals surface area contributed by atoms with Gasteiger partial charge in [0.25, 0.3) is 0 Å². The van der Waals surface area contributed by atoms with Gasteiger partial charge in [-0.15, -0.1) is 7.05 Å². The van der Waals surface area contributed by atoms with Gasteiger partial charge in [-0.2, -0.15) is 0 Å². The van der Waals surface area contributed by atoms with Crippen LogP contribution in [-0.2, 0) is 4.79 Å². The molecule has 1 unspecified atom stereocenters. The quantitative estimate of drug-likeness (QED) is 0.442. The van der Waals surface area contributed by atoms with E-state index in [1.54, 1.807) is 0 Å². The average Bonchev–Trinajstić information content (AvgIpc) is 2.13. The zero-order valence-electron chi connectivity index (χ0n) is 5.26. The molecule has 3 heteroatoms. The summed E-state index contributed by atoms with van der Waals surface area (Å²) in [5, 5.41) is 8.52. The van der Waals surface area contributed by atoms with E-state index in [4.69, 9.17) is 5.11 Å². The van der Waals surface area contributed by atoms with Gasteiger partial charge < -0.3 is 10.0 Å². The second-order valence-corrected chi connectivity index (χ2v) is 2.44. The number of likely N-dealkylation sites (tertiary alicyclic amines) is 1. The molecule has 1 saturated heterocycles. The number of hydrogen-bond acceptors (Lipinski definition) is 1. The molecule has 0 spiro atoms. The maximum Gasteiger partial charge on any atom is 0.360 e. The van der Waals surface area contributed by atoms with E-state index < -0.39 is 5.97 Å². The summed E-state index contributed by atoms with van der Waals surface area (Å²) in [6.07, 6.45) is 1.78. The Hall–Kier alpha value is -0.570. The highest BCUT2D eigenvalue weighted by atomic mass is 16.4. The van der Waals surface area contributed by atoms with Gasteiger partial charge in [-0.3, -0.25) is 0 Å². The van der Waals surface area contributed by atoms with Crippen LogP contribution in [0.1, 0.15) is 12.8 Å². The number of rotatable bonds is 1. The molecule has 2 N–H and O–H groups in total. The molecule has 2 atom stereocenters. The molecule has 1 aliphatic heterocycles. The summed E-state index contributed by atoms with van der Waals surface area (Å²) >= 11 is 0. The molecule has 0 aromatic carbocycles. The van der Waals surface area contributed by atoms with E-state index in [0.29, 0.717) is 0 Å². The van der Waals surface area contributed by atoms with Crippen LogP contribution in [0.2, 0.25) is 0 Å². The predicted octanol–water partition coefficient (Wildman–Crippen LogP) is -1.09. The highest BCUT2D eigenvalue weighted by molar-refractivity contribution is 5.71. The molecule has 1 fully saturated rings. The van der Waals surface area contributed by atoms with Crippen molar-refractivity contribution in [2.24, 2.45) is 0 Å². The Morgan fingerprint density at radius 3 is 2.67 bits per heavy atom. The topological polar surface area (TPSA) is 41.7 Å². The number of aliphatic carboxylic acids is 1. The molecular weight excluding hydrogens is 118 g/mol. The number of carboxylic acid groups (broad SMARTS) is 1. The Bertz CT molecular complexity index is 124. The molecule has 0 radical (unpaired) electrons. The van der Waals surface area contributed by atoms with E-state index in [9.17, 15) is 4.79 Å². The van der Waals surface area contributed by atoms with Gasteiger partial charge in [0.15, 0.2) is 6.04 Å². The lowest BCUT2D eigenvalue weighted by Crippen LogP contribution is -3.09. The third-order valence-electron chi connectivity index (χ3n) is 1.78. The molecule has 0 aliphatic carbocycles. The van der Waals surface area contributed by atoms with Crippen LogP contribution < -0.4 is 4.90 Å². The number of quaternary nitrogens is 1. The van der Waals surface area contributed by atoms with Crippen molar-refractivity contribution in [1.82, 2.24) is 0 Å². The lowest BCUT2D eigenvalue weighted by molar-refractivity contribution is -0.857. The normalized spacial score (nSPS) is 34.8. The number of carbonyl (C=O) groups is 1. The van der Waals surface area contributed by atoms with E-state index >= 15 is 0 Å². The van der Waals surface area contributed by atoms with Crippen molar-refractivity contribution < 1.29 is 14.8 Å². The minimum atomic E-state index is -0.711. The van der Waals surface area contributed by atoms with Gasteiger partial charge in [-0.25, -0.2) is 4.79 Å². The smallest absolute Gasteiger partial charge is 0.360 e. The molecule has 1 aliphatic rings. The van der Waals surface area contributed by atoms with Gasteiger partial charge in [0.05, 0.1) is 6.54 Å². The summed E-state index contributed by atoms with van der Waals surface area (Å²) in [6.45, 7) is 0.900. The molecule has 0 amide bonds. The summed E-state index contributed by atoms with van der Waals surface area (Å²) in [7, 11) is 3.68. The minimum absolute atomic E-state index is 0.245. The van der Waals surface area contributed by atoms with E-state index in [-0.39, 0.29) is 6.04 Å². The first-order valence-electron chi connectivity index (χ1n) is 3.12. The van der Waals surface area contributed by atoms with Crippen LogP contribution in [0.3, 0.4) is 0 Å². The van der Waals surface area contributed by atoms with Gasteiger partial charge >= 0.3 is 5.97 Å². The zero-order valence-corrected chi connectivity index (χ0v) is 5.26. The molecular formula is C6H11NO2. The lowest BCUT2D eigenvalue weighted by atomic mass is 10.2. The summed E-state index contributed by atoms with van der Waals surface area (Å²) in [4.78, 5) is 11.2. The summed E-state index contributed by atoms with van der Waals surface area (Å²) < 4.78 is 0. The minimum Gasteiger partial charge on any atom is -0.477 e. The largest absolute Gasteiger partial charge is 0.477 e. The third-order valence-corrected chi connectivity index (χ3v) is 1.78. The summed E-state index contributed by atoms with van der Waals surface area (Å²) in [5.41, 5.74) is 0. The van der Waals surface area contributed by atoms with Crippen molar-refractivity contribution in [3.63, 3.8) is 0 Å². The third kappa shape index (κ3) is 1.21. The van der Waals surface area contributed by atoms with Gasteiger partial charge in [0, 0.05) is 12.8 Å². The van der Waals surface area contributed by atoms with Gasteiger partial charge in [0.1, 0.15) is 0 Å². The Morgan fingerprint density at radius 1 is 1.78 bits per heavy atom. The molecule has 9 heavy (non-hydrogen) atoms. The fraction of sp³-hybridized carbons (Fsp3) is 0.667. The molecule has 0 saturated carbocycles. The van der Waals surface area contributed by atoms with E-state index in [1.807, 2.05) is 0 Å². The van der Waals surface area contributed by atoms with Crippen LogP contribution in [0.4, 0.5) is 0 Å². The Morgan fingerprint density at radius 2 is 2.44 bits per heavy atom. The van der Waals surface area contributed by atoms with Crippen molar-refractivity contribution in [3.05, 3.63) is 7.05 Å². The van der Waals surface area contributed by atoms with Crippen molar-refractivity contribution in [3.8, 4) is 0 Å². The van der Waals surface area contributed by atoms with Crippen molar-refractivity contribution in [1.29, 1.82) is 0 Å². The highest BCUT2D eigenvalue weighted by Gasteiger charge is 2.27. The van der Waals surface area contributed by atoms with E-state index in [0.717, 1.165) is 24.3 Å². The number of nitrogens with one attached hydrogen (secondary N) is 1. The Balaban J connectivity index is 2.49. The molecule has 0 aromatic heterocycles. The van der Waals surface area contributed by atoms with E-state index in [1.165, 1.54) is 0 Å². The van der Waals surface area contributed by atoms with Crippen molar-refractivity contribution in [2.45, 2.75) is 18.9 Å². The van der Waals surface area contributed by atoms with Crippen LogP contribution in [0, 0.1) is 7.05 Å². The first-order chi connectivity index (χ1) is 4.22. The van der Waals surface area contributed by atoms with Gasteiger partial charge in [-0.05, 0) is 0 Å². The lowest BCUT2D eigenvalue weighted by Gasteiger charge is -2.18. The molecule has 1 rings (SSSR count). The second-order valence-electron chi connectivity index (χ2n) is 2.44. The molecule has 0 bridgehead atoms. The van der Waals surface area contributed by atoms with Gasteiger partial charge in [-0.1, -0.05) is 0 Å². The van der Waals surface area contributed by atoms with Crippen LogP contribution in [0.25, 0.3) is 0 Å². The Kier molecular flexibility index (Phi) is 1.71. The zero-order chi connectivity index (χ0) is 6.85. The molecule has 0 aromatic rings. The standard InChI is InChI=1S/C6H11NO2/c1-7-4-2-3-5(7)6(8)9/h5,7H,1-4H2,(H,8,9)/t5-/m0/s1. The second kappa shape index (κ2) is 2.35. The highest BCUT2D eigenvalue weighted by Crippen LogP contribution is 1.98. The van der Waals surface area contributed by atoms with Crippen LogP contribution in [0.5, 0.6) is 0 Å². The first kappa shape index (κ1) is 6.55. The molecule has 3 nitrogen and oxygen atoms in total. The first-order valence-corrected chi connectivity index (χ1v) is 3.12. The monoisotopic (exact) mass is 129 g/mol. The fourth-order valence-electron chi connectivity index (χ4n) is 1.21. The van der Waals surface area contributed by atoms with Crippen LogP contribution in [-0.4, -0.2) is 23.7 Å².